The number of fused-ring (bicyclic) bond motifs is 1. The number of primary amides is 1. The second-order valence-corrected chi connectivity index (χ2v) is 5.38. The molecule has 0 aromatic carbocycles. The Hall–Kier alpha value is -1.92. The third-order valence-corrected chi connectivity index (χ3v) is 3.84. The smallest absolute Gasteiger partial charge is 0.217 e. The normalized spacial score (nSPS) is 23.4. The Morgan fingerprint density at radius 3 is 3.10 bits per heavy atom. The van der Waals surface area contributed by atoms with Crippen molar-refractivity contribution in [2.45, 2.75) is 19.1 Å². The van der Waals surface area contributed by atoms with E-state index < -0.39 is 6.10 Å². The molecular formula is C14H18N4O2. The average Bonchev–Trinajstić information content (AvgIpc) is 2.97. The van der Waals surface area contributed by atoms with Crippen LogP contribution in [0.15, 0.2) is 30.7 Å². The number of pyridine rings is 1. The van der Waals surface area contributed by atoms with Crippen molar-refractivity contribution < 1.29 is 9.90 Å². The highest BCUT2D eigenvalue weighted by Gasteiger charge is 2.32. The van der Waals surface area contributed by atoms with Crippen LogP contribution in [0.3, 0.4) is 0 Å². The molecule has 106 valence electrons. The standard InChI is InChI=1S/C14H18N4O2/c15-13(20)6-11-8-17(9-12(11)19)7-10-2-1-4-18-5-3-16-14(10)18/h1-5,11-12,19H,6-9H2,(H2,15,20)/t11-,12-/m1/s1. The molecule has 0 unspecified atom stereocenters. The summed E-state index contributed by atoms with van der Waals surface area (Å²) in [6.45, 7) is 1.97. The molecule has 0 saturated carbocycles. The highest BCUT2D eigenvalue weighted by atomic mass is 16.3. The molecule has 2 aromatic heterocycles. The van der Waals surface area contributed by atoms with Crippen LogP contribution in [0.4, 0.5) is 0 Å². The molecule has 0 spiro atoms. The molecule has 1 fully saturated rings. The number of aromatic nitrogens is 2. The highest BCUT2D eigenvalue weighted by molar-refractivity contribution is 5.74. The summed E-state index contributed by atoms with van der Waals surface area (Å²) in [7, 11) is 0. The maximum atomic E-state index is 11.0. The van der Waals surface area contributed by atoms with Crippen molar-refractivity contribution in [3.8, 4) is 0 Å². The molecule has 6 heteroatoms. The molecule has 3 rings (SSSR count). The van der Waals surface area contributed by atoms with Gasteiger partial charge in [0, 0.05) is 56.1 Å². The lowest BCUT2D eigenvalue weighted by molar-refractivity contribution is -0.119. The van der Waals surface area contributed by atoms with Gasteiger partial charge in [0.05, 0.1) is 6.10 Å². The number of aliphatic hydroxyl groups is 1. The number of nitrogens with two attached hydrogens (primary N) is 1. The number of amides is 1. The van der Waals surface area contributed by atoms with Crippen LogP contribution in [0.1, 0.15) is 12.0 Å². The maximum Gasteiger partial charge on any atom is 0.217 e. The molecule has 0 aliphatic carbocycles. The van der Waals surface area contributed by atoms with Gasteiger partial charge in [0.2, 0.25) is 5.91 Å². The first-order chi connectivity index (χ1) is 9.63. The summed E-state index contributed by atoms with van der Waals surface area (Å²) >= 11 is 0. The first-order valence-electron chi connectivity index (χ1n) is 6.73. The van der Waals surface area contributed by atoms with Gasteiger partial charge >= 0.3 is 0 Å². The van der Waals surface area contributed by atoms with Gasteiger partial charge in [-0.25, -0.2) is 4.98 Å². The van der Waals surface area contributed by atoms with E-state index in [0.29, 0.717) is 19.6 Å². The second kappa shape index (κ2) is 5.22. The largest absolute Gasteiger partial charge is 0.391 e. The lowest BCUT2D eigenvalue weighted by atomic mass is 10.0. The molecule has 1 amide bonds. The van der Waals surface area contributed by atoms with Crippen molar-refractivity contribution in [1.29, 1.82) is 0 Å². The van der Waals surface area contributed by atoms with E-state index in [4.69, 9.17) is 5.73 Å². The van der Waals surface area contributed by atoms with Crippen LogP contribution in [-0.4, -0.2) is 44.5 Å². The van der Waals surface area contributed by atoms with Crippen molar-refractivity contribution in [3.05, 3.63) is 36.3 Å². The van der Waals surface area contributed by atoms with Crippen molar-refractivity contribution in [1.82, 2.24) is 14.3 Å². The predicted octanol–water partition coefficient (Wildman–Crippen LogP) is 0.00240. The van der Waals surface area contributed by atoms with Gasteiger partial charge in [0.15, 0.2) is 0 Å². The molecule has 20 heavy (non-hydrogen) atoms. The minimum atomic E-state index is -0.484. The monoisotopic (exact) mass is 274 g/mol. The Kier molecular flexibility index (Phi) is 3.42. The molecule has 3 heterocycles. The van der Waals surface area contributed by atoms with Crippen molar-refractivity contribution in [3.63, 3.8) is 0 Å². The Balaban J connectivity index is 1.73. The van der Waals surface area contributed by atoms with E-state index in [-0.39, 0.29) is 18.2 Å². The molecule has 3 N–H and O–H groups in total. The third-order valence-electron chi connectivity index (χ3n) is 3.84. The van der Waals surface area contributed by atoms with Gasteiger partial charge < -0.3 is 15.2 Å². The molecule has 0 radical (unpaired) electrons. The Labute approximate surface area is 116 Å². The van der Waals surface area contributed by atoms with Gasteiger partial charge in [0.25, 0.3) is 0 Å². The topological polar surface area (TPSA) is 83.9 Å². The molecular weight excluding hydrogens is 256 g/mol. The lowest BCUT2D eigenvalue weighted by Crippen LogP contribution is -2.24. The van der Waals surface area contributed by atoms with Gasteiger partial charge in [-0.3, -0.25) is 9.69 Å². The summed E-state index contributed by atoms with van der Waals surface area (Å²) in [4.78, 5) is 17.5. The van der Waals surface area contributed by atoms with Crippen LogP contribution in [0.2, 0.25) is 0 Å². The number of aliphatic hydroxyl groups excluding tert-OH is 1. The molecule has 1 aliphatic rings. The fraction of sp³-hybridized carbons (Fsp3) is 0.429. The summed E-state index contributed by atoms with van der Waals surface area (Å²) in [5.74, 6) is -0.418. The molecule has 1 aliphatic heterocycles. The first kappa shape index (κ1) is 13.1. The summed E-state index contributed by atoms with van der Waals surface area (Å²) < 4.78 is 1.97. The Morgan fingerprint density at radius 1 is 1.45 bits per heavy atom. The van der Waals surface area contributed by atoms with E-state index in [9.17, 15) is 9.90 Å². The number of hydrogen-bond acceptors (Lipinski definition) is 4. The van der Waals surface area contributed by atoms with E-state index in [0.717, 1.165) is 11.2 Å². The number of rotatable bonds is 4. The fourth-order valence-corrected chi connectivity index (χ4v) is 2.90. The minimum Gasteiger partial charge on any atom is -0.391 e. The van der Waals surface area contributed by atoms with Crippen LogP contribution < -0.4 is 5.73 Å². The number of imidazole rings is 1. The van der Waals surface area contributed by atoms with E-state index in [2.05, 4.69) is 9.88 Å². The molecule has 2 atom stereocenters. The first-order valence-corrected chi connectivity index (χ1v) is 6.73. The van der Waals surface area contributed by atoms with Gasteiger partial charge in [-0.2, -0.15) is 0 Å². The predicted molar refractivity (Wildman–Crippen MR) is 73.8 cm³/mol. The van der Waals surface area contributed by atoms with E-state index in [1.807, 2.05) is 28.9 Å². The summed E-state index contributed by atoms with van der Waals surface area (Å²) in [5, 5.41) is 9.99. The quantitative estimate of drug-likeness (QED) is 0.822. The Morgan fingerprint density at radius 2 is 2.30 bits per heavy atom. The minimum absolute atomic E-state index is 0.0630. The number of hydrogen-bond donors (Lipinski definition) is 2. The van der Waals surface area contributed by atoms with Crippen LogP contribution in [0.25, 0.3) is 5.65 Å². The van der Waals surface area contributed by atoms with Gasteiger partial charge in [-0.05, 0) is 6.07 Å². The molecule has 6 nitrogen and oxygen atoms in total. The van der Waals surface area contributed by atoms with Gasteiger partial charge in [0.1, 0.15) is 5.65 Å². The van der Waals surface area contributed by atoms with Crippen LogP contribution in [0.5, 0.6) is 0 Å². The number of likely N-dealkylation sites (tertiary alicyclic amines) is 1. The zero-order chi connectivity index (χ0) is 14.1. The van der Waals surface area contributed by atoms with Gasteiger partial charge in [-0.1, -0.05) is 6.07 Å². The van der Waals surface area contributed by atoms with Crippen molar-refractivity contribution in [2.24, 2.45) is 11.7 Å². The fourth-order valence-electron chi connectivity index (χ4n) is 2.90. The van der Waals surface area contributed by atoms with E-state index in [1.165, 1.54) is 0 Å². The SMILES string of the molecule is NC(=O)C[C@@H]1CN(Cc2cccn3ccnc23)C[C@H]1O. The number of carbonyl (C=O) groups is 1. The maximum absolute atomic E-state index is 11.0. The highest BCUT2D eigenvalue weighted by Crippen LogP contribution is 2.22. The van der Waals surface area contributed by atoms with Crippen LogP contribution >= 0.6 is 0 Å². The van der Waals surface area contributed by atoms with Crippen LogP contribution in [0, 0.1) is 5.92 Å². The number of β-amino-alcohol motifs (C(OH)–C–C–N with tert-alkyl or cyclic N) is 1. The second-order valence-electron chi connectivity index (χ2n) is 5.38. The zero-order valence-electron chi connectivity index (χ0n) is 11.1. The molecule has 2 aromatic rings. The zero-order valence-corrected chi connectivity index (χ0v) is 11.1. The average molecular weight is 274 g/mol. The molecule has 1 saturated heterocycles. The molecule has 0 bridgehead atoms. The number of nitrogens with zero attached hydrogens (tertiary/aromatic N) is 3. The van der Waals surface area contributed by atoms with E-state index in [1.54, 1.807) is 6.20 Å². The van der Waals surface area contributed by atoms with Gasteiger partial charge in [-0.15, -0.1) is 0 Å². The van der Waals surface area contributed by atoms with Crippen LogP contribution in [-0.2, 0) is 11.3 Å². The summed E-state index contributed by atoms with van der Waals surface area (Å²) in [6.07, 6.45) is 5.40. The Bertz CT molecular complexity index is 624. The lowest BCUT2D eigenvalue weighted by Gasteiger charge is -2.15. The van der Waals surface area contributed by atoms with E-state index >= 15 is 0 Å². The summed E-state index contributed by atoms with van der Waals surface area (Å²) in [5.41, 5.74) is 7.26. The third kappa shape index (κ3) is 2.52. The summed E-state index contributed by atoms with van der Waals surface area (Å²) in [6, 6.07) is 4.02. The number of carbonyl (C=O) groups excluding carboxylic acids is 1. The van der Waals surface area contributed by atoms with Crippen molar-refractivity contribution >= 4 is 11.6 Å². The van der Waals surface area contributed by atoms with Crippen molar-refractivity contribution in [2.75, 3.05) is 13.1 Å².